The minimum Gasteiger partial charge on any atom is -0.346 e. The van der Waals surface area contributed by atoms with Crippen LogP contribution in [-0.4, -0.2) is 26.6 Å². The van der Waals surface area contributed by atoms with Crippen LogP contribution in [0.4, 0.5) is 11.4 Å². The predicted octanol–water partition coefficient (Wildman–Crippen LogP) is 4.99. The number of anilines is 2. The first-order valence-electron chi connectivity index (χ1n) is 8.77. The lowest BCUT2D eigenvalue weighted by Gasteiger charge is -2.17. The summed E-state index contributed by atoms with van der Waals surface area (Å²) in [5, 5.41) is 3.15. The Hall–Kier alpha value is -2.72. The van der Waals surface area contributed by atoms with E-state index in [1.54, 1.807) is 31.2 Å². The lowest BCUT2D eigenvalue weighted by atomic mass is 10.1. The van der Waals surface area contributed by atoms with Crippen molar-refractivity contribution in [2.75, 3.05) is 10.2 Å². The zero-order chi connectivity index (χ0) is 22.3. The van der Waals surface area contributed by atoms with Crippen LogP contribution in [0.15, 0.2) is 57.1 Å². The number of carbonyl (C=O) groups is 2. The number of rotatable bonds is 5. The number of fused-ring (bicyclic) bond motifs is 1. The van der Waals surface area contributed by atoms with Crippen molar-refractivity contribution in [1.29, 1.82) is 0 Å². The molecule has 31 heavy (non-hydrogen) atoms. The molecule has 1 aliphatic heterocycles. The van der Waals surface area contributed by atoms with Gasteiger partial charge >= 0.3 is 0 Å². The summed E-state index contributed by atoms with van der Waals surface area (Å²) in [7, 11) is -3.86. The van der Waals surface area contributed by atoms with Gasteiger partial charge in [-0.05, 0) is 61.0 Å². The van der Waals surface area contributed by atoms with Crippen molar-refractivity contribution in [3.05, 3.63) is 74.6 Å². The topological polar surface area (TPSA) is 95.9 Å². The number of halogens is 2. The van der Waals surface area contributed by atoms with Gasteiger partial charge in [-0.15, -0.1) is 15.7 Å². The minimum absolute atomic E-state index is 0.0350. The van der Waals surface area contributed by atoms with E-state index in [0.717, 1.165) is 22.6 Å². The number of hydrogen-bond donors (Lipinski definition) is 1. The quantitative estimate of drug-likeness (QED) is 0.306. The molecule has 2 aromatic carbocycles. The van der Waals surface area contributed by atoms with Crippen LogP contribution in [0, 0.1) is 6.92 Å². The summed E-state index contributed by atoms with van der Waals surface area (Å²) >= 11 is 12.6. The van der Waals surface area contributed by atoms with E-state index in [9.17, 15) is 18.0 Å². The molecule has 2 amide bonds. The van der Waals surface area contributed by atoms with E-state index < -0.39 is 21.8 Å². The largest absolute Gasteiger partial charge is 0.346 e. The minimum atomic E-state index is -3.86. The average Bonchev–Trinajstić information content (AvgIpc) is 3.25. The Labute approximate surface area is 192 Å². The molecule has 3 aromatic rings. The molecule has 0 aliphatic carbocycles. The highest BCUT2D eigenvalue weighted by molar-refractivity contribution is 7.92. The second-order valence-electron chi connectivity index (χ2n) is 6.55. The molecule has 0 unspecified atom stereocenters. The molecule has 0 spiro atoms. The third-order valence-electron chi connectivity index (χ3n) is 4.51. The lowest BCUT2D eigenvalue weighted by molar-refractivity contribution is 0.0926. The first kappa shape index (κ1) is 21.5. The van der Waals surface area contributed by atoms with Crippen LogP contribution in [-0.2, 0) is 10.0 Å². The van der Waals surface area contributed by atoms with Gasteiger partial charge in [0, 0.05) is 10.7 Å². The smallest absolute Gasteiger partial charge is 0.293 e. The molecule has 0 saturated carbocycles. The van der Waals surface area contributed by atoms with Gasteiger partial charge in [-0.2, -0.15) is 8.42 Å². The second kappa shape index (κ2) is 8.08. The molecule has 1 aliphatic rings. The zero-order valence-electron chi connectivity index (χ0n) is 15.8. The molecule has 158 valence electrons. The summed E-state index contributed by atoms with van der Waals surface area (Å²) in [6.45, 7) is 1.73. The molecule has 11 heteroatoms. The summed E-state index contributed by atoms with van der Waals surface area (Å²) in [4.78, 5) is 26.6. The normalized spacial score (nSPS) is 13.8. The maximum atomic E-state index is 12.8. The van der Waals surface area contributed by atoms with Crippen LogP contribution in [0.1, 0.15) is 26.3 Å². The number of nitrogens with one attached hydrogen (secondary N) is 1. The fraction of sp³-hybridized carbons (Fsp3) is 0.0500. The van der Waals surface area contributed by atoms with E-state index in [1.807, 2.05) is 0 Å². The van der Waals surface area contributed by atoms with Gasteiger partial charge in [0.25, 0.3) is 21.8 Å². The van der Waals surface area contributed by atoms with E-state index in [2.05, 4.69) is 9.71 Å². The van der Waals surface area contributed by atoms with Crippen molar-refractivity contribution in [3.8, 4) is 0 Å². The Morgan fingerprint density at radius 2 is 1.74 bits per heavy atom. The molecule has 1 aromatic heterocycles. The first-order valence-corrected chi connectivity index (χ1v) is 11.8. The Morgan fingerprint density at radius 3 is 2.42 bits per heavy atom. The fourth-order valence-electron chi connectivity index (χ4n) is 3.09. The highest BCUT2D eigenvalue weighted by Crippen LogP contribution is 2.33. The number of benzene rings is 2. The highest BCUT2D eigenvalue weighted by atomic mass is 35.5. The number of carbonyl (C=O) groups excluding carboxylic acids is 2. The molecule has 0 atom stereocenters. The van der Waals surface area contributed by atoms with Crippen LogP contribution >= 0.6 is 34.5 Å². The number of amides is 2. The van der Waals surface area contributed by atoms with Gasteiger partial charge in [-0.3, -0.25) is 9.59 Å². The molecule has 0 saturated heterocycles. The van der Waals surface area contributed by atoms with Crippen LogP contribution < -0.4 is 10.2 Å². The standard InChI is InChI=1S/C20H13Cl2N3O4S2/c1-11-8-13(23-10-24-31(28,29)18-7-6-17(22)30-18)3-5-16(11)25-19(26)14-4-2-12(21)9-15(14)20(25)27/h2-10H,1H3,(H,23,24). The zero-order valence-corrected chi connectivity index (χ0v) is 18.9. The van der Waals surface area contributed by atoms with E-state index in [4.69, 9.17) is 23.2 Å². The van der Waals surface area contributed by atoms with Crippen molar-refractivity contribution in [2.45, 2.75) is 11.1 Å². The van der Waals surface area contributed by atoms with Crippen molar-refractivity contribution < 1.29 is 18.0 Å². The Bertz CT molecular complexity index is 1370. The summed E-state index contributed by atoms with van der Waals surface area (Å²) < 4.78 is 28.3. The highest BCUT2D eigenvalue weighted by Gasteiger charge is 2.37. The maximum Gasteiger partial charge on any atom is 0.293 e. The number of sulfonamides is 1. The van der Waals surface area contributed by atoms with Gasteiger partial charge in [0.05, 0.1) is 21.2 Å². The van der Waals surface area contributed by atoms with Crippen LogP contribution in [0.5, 0.6) is 0 Å². The Morgan fingerprint density at radius 1 is 1.00 bits per heavy atom. The number of imide groups is 1. The molecule has 4 rings (SSSR count). The van der Waals surface area contributed by atoms with E-state index in [-0.39, 0.29) is 9.77 Å². The van der Waals surface area contributed by atoms with Gasteiger partial charge in [0.15, 0.2) is 0 Å². The number of aryl methyl sites for hydroxylation is 1. The monoisotopic (exact) mass is 493 g/mol. The van der Waals surface area contributed by atoms with Gasteiger partial charge in [-0.1, -0.05) is 23.2 Å². The lowest BCUT2D eigenvalue weighted by Crippen LogP contribution is -2.30. The third kappa shape index (κ3) is 4.09. The van der Waals surface area contributed by atoms with Gasteiger partial charge in [0.2, 0.25) is 0 Å². The molecular weight excluding hydrogens is 481 g/mol. The number of thiophene rings is 1. The summed E-state index contributed by atoms with van der Waals surface area (Å²) in [6, 6.07) is 12.3. The SMILES string of the molecule is Cc1cc(N/C=N\S(=O)(=O)c2ccc(Cl)s2)ccc1N1C(=O)c2ccc(Cl)cc2C1=O. The number of hydrogen-bond acceptors (Lipinski definition) is 5. The van der Waals surface area contributed by atoms with Crippen LogP contribution in [0.2, 0.25) is 9.36 Å². The van der Waals surface area contributed by atoms with E-state index in [0.29, 0.717) is 31.9 Å². The summed E-state index contributed by atoms with van der Waals surface area (Å²) in [5.74, 6) is -0.878. The van der Waals surface area contributed by atoms with E-state index >= 15 is 0 Å². The maximum absolute atomic E-state index is 12.8. The summed E-state index contributed by atoms with van der Waals surface area (Å²) in [6.07, 6.45) is 1.06. The first-order chi connectivity index (χ1) is 14.7. The molecule has 0 radical (unpaired) electrons. The van der Waals surface area contributed by atoms with Gasteiger partial charge in [0.1, 0.15) is 10.5 Å². The molecule has 7 nitrogen and oxygen atoms in total. The van der Waals surface area contributed by atoms with Crippen molar-refractivity contribution in [3.63, 3.8) is 0 Å². The van der Waals surface area contributed by atoms with Crippen LogP contribution in [0.3, 0.4) is 0 Å². The molecule has 0 bridgehead atoms. The second-order valence-corrected chi connectivity index (χ2v) is 10.6. The Kier molecular flexibility index (Phi) is 5.61. The molecule has 0 fully saturated rings. The van der Waals surface area contributed by atoms with Gasteiger partial charge in [-0.25, -0.2) is 4.90 Å². The predicted molar refractivity (Wildman–Crippen MR) is 122 cm³/mol. The molecule has 2 heterocycles. The van der Waals surface area contributed by atoms with E-state index in [1.165, 1.54) is 24.3 Å². The van der Waals surface area contributed by atoms with Gasteiger partial charge < -0.3 is 5.32 Å². The van der Waals surface area contributed by atoms with Crippen molar-refractivity contribution in [2.24, 2.45) is 4.40 Å². The molecular formula is C20H13Cl2N3O4S2. The number of nitrogens with zero attached hydrogens (tertiary/aromatic N) is 2. The molecule has 1 N–H and O–H groups in total. The average molecular weight is 494 g/mol. The summed E-state index contributed by atoms with van der Waals surface area (Å²) in [5.41, 5.74) is 2.13. The Balaban J connectivity index is 1.54. The van der Waals surface area contributed by atoms with Crippen molar-refractivity contribution in [1.82, 2.24) is 0 Å². The fourth-order valence-corrected chi connectivity index (χ4v) is 5.53. The van der Waals surface area contributed by atoms with Crippen molar-refractivity contribution >= 4 is 74.1 Å². The van der Waals surface area contributed by atoms with Crippen LogP contribution in [0.25, 0.3) is 0 Å². The third-order valence-corrected chi connectivity index (χ3v) is 7.68.